The van der Waals surface area contributed by atoms with Crippen molar-refractivity contribution in [2.45, 2.75) is 50.5 Å². The van der Waals surface area contributed by atoms with Crippen LogP contribution in [0.15, 0.2) is 70.7 Å². The van der Waals surface area contributed by atoms with Crippen LogP contribution in [-0.2, 0) is 25.1 Å². The van der Waals surface area contributed by atoms with Crippen LogP contribution in [0.2, 0.25) is 0 Å². The number of benzene rings is 2. The molecule has 2 aromatic rings. The highest BCUT2D eigenvalue weighted by atomic mass is 32.2. The van der Waals surface area contributed by atoms with Crippen LogP contribution in [0.1, 0.15) is 40.0 Å². The fourth-order valence-electron chi connectivity index (χ4n) is 2.84. The Hall–Kier alpha value is -2.40. The number of fused-ring (bicyclic) bond motifs is 1. The maximum Gasteiger partial charge on any atom is 0.333 e. The fourth-order valence-corrected chi connectivity index (χ4v) is 4.43. The van der Waals surface area contributed by atoms with Crippen LogP contribution < -0.4 is 0 Å². The van der Waals surface area contributed by atoms with Gasteiger partial charge in [-0.3, -0.25) is 0 Å². The average Bonchev–Trinajstić information content (AvgIpc) is 2.69. The number of ether oxygens (including phenoxy) is 2. The third kappa shape index (κ3) is 5.55. The molecule has 1 unspecified atom stereocenters. The minimum absolute atomic E-state index is 0.498. The number of esters is 1. The van der Waals surface area contributed by atoms with Gasteiger partial charge in [0.25, 0.3) is 0 Å². The lowest BCUT2D eigenvalue weighted by Gasteiger charge is -2.27. The van der Waals surface area contributed by atoms with E-state index in [9.17, 15) is 9.00 Å². The smallest absolute Gasteiger partial charge is 0.333 e. The van der Waals surface area contributed by atoms with E-state index < -0.39 is 22.4 Å². The third-order valence-corrected chi connectivity index (χ3v) is 6.21. The molecule has 0 aliphatic heterocycles. The van der Waals surface area contributed by atoms with Crippen molar-refractivity contribution in [3.8, 4) is 0 Å². The molecule has 0 aliphatic rings. The van der Waals surface area contributed by atoms with Gasteiger partial charge in [-0.15, -0.1) is 0 Å². The minimum Gasteiger partial charge on any atom is -0.490 e. The molecular weight excluding hydrogens is 372 g/mol. The summed E-state index contributed by atoms with van der Waals surface area (Å²) in [6.07, 6.45) is 7.40. The van der Waals surface area contributed by atoms with Gasteiger partial charge in [-0.05, 0) is 37.1 Å². The highest BCUT2D eigenvalue weighted by molar-refractivity contribution is 7.89. The molecule has 2 rings (SSSR count). The third-order valence-electron chi connectivity index (χ3n) is 4.40. The summed E-state index contributed by atoms with van der Waals surface area (Å²) >= 11 is 0. The summed E-state index contributed by atoms with van der Waals surface area (Å²) in [5, 5.41) is 2.01. The second kappa shape index (κ2) is 10.2. The number of carbonyl (C=O) groups excluding carboxylic acids is 1. The van der Waals surface area contributed by atoms with E-state index in [1.54, 1.807) is 0 Å². The molecule has 0 heterocycles. The molecule has 0 aromatic heterocycles. The molecule has 0 fully saturated rings. The molecule has 150 valence electrons. The SMILES string of the molecule is CCCC/C=C(/S(=O)c1cccc2ccccc12)C(C)(C)O/C=C/C(=O)OC. The Morgan fingerprint density at radius 3 is 2.57 bits per heavy atom. The average molecular weight is 401 g/mol. The van der Waals surface area contributed by atoms with E-state index in [1.807, 2.05) is 62.4 Å². The van der Waals surface area contributed by atoms with Crippen LogP contribution in [0.25, 0.3) is 10.8 Å². The molecule has 0 N–H and O–H groups in total. The Balaban J connectivity index is 2.41. The molecule has 28 heavy (non-hydrogen) atoms. The number of unbranched alkanes of at least 4 members (excludes halogenated alkanes) is 2. The predicted octanol–water partition coefficient (Wildman–Crippen LogP) is 5.50. The summed E-state index contributed by atoms with van der Waals surface area (Å²) < 4.78 is 24.0. The maximum atomic E-state index is 13.6. The Kier molecular flexibility index (Phi) is 8.00. The predicted molar refractivity (Wildman–Crippen MR) is 114 cm³/mol. The first-order valence-electron chi connectivity index (χ1n) is 9.43. The normalized spacial score (nSPS) is 13.6. The van der Waals surface area contributed by atoms with E-state index in [1.165, 1.54) is 19.4 Å². The molecule has 0 amide bonds. The van der Waals surface area contributed by atoms with Crippen LogP contribution in [0.3, 0.4) is 0 Å². The molecule has 0 saturated carbocycles. The highest BCUT2D eigenvalue weighted by Gasteiger charge is 2.30. The summed E-state index contributed by atoms with van der Waals surface area (Å²) in [6, 6.07) is 13.7. The molecule has 0 radical (unpaired) electrons. The van der Waals surface area contributed by atoms with Gasteiger partial charge in [-0.1, -0.05) is 62.2 Å². The van der Waals surface area contributed by atoms with Gasteiger partial charge in [0, 0.05) is 0 Å². The van der Waals surface area contributed by atoms with Crippen molar-refractivity contribution in [3.63, 3.8) is 0 Å². The highest BCUT2D eigenvalue weighted by Crippen LogP contribution is 2.32. The van der Waals surface area contributed by atoms with Crippen LogP contribution in [0.4, 0.5) is 0 Å². The summed E-state index contributed by atoms with van der Waals surface area (Å²) in [5.74, 6) is -0.498. The van der Waals surface area contributed by atoms with Crippen LogP contribution >= 0.6 is 0 Å². The molecule has 0 bridgehead atoms. The van der Waals surface area contributed by atoms with Crippen molar-refractivity contribution >= 4 is 27.5 Å². The second-order valence-electron chi connectivity index (χ2n) is 6.91. The standard InChI is InChI=1S/C23H28O4S/c1-5-6-7-15-21(23(2,3)27-17-16-22(24)26-4)28(25)20-14-10-12-18-11-8-9-13-19(18)20/h8-17H,5-7H2,1-4H3/b17-16+,21-15+. The van der Waals surface area contributed by atoms with Crippen LogP contribution in [0.5, 0.6) is 0 Å². The molecule has 2 aromatic carbocycles. The molecular formula is C23H28O4S. The first-order valence-corrected chi connectivity index (χ1v) is 10.6. The van der Waals surface area contributed by atoms with E-state index in [4.69, 9.17) is 4.74 Å². The van der Waals surface area contributed by atoms with E-state index in [-0.39, 0.29) is 0 Å². The quantitative estimate of drug-likeness (QED) is 0.241. The van der Waals surface area contributed by atoms with Gasteiger partial charge >= 0.3 is 5.97 Å². The molecule has 0 aliphatic carbocycles. The van der Waals surface area contributed by atoms with E-state index in [0.29, 0.717) is 4.91 Å². The lowest BCUT2D eigenvalue weighted by Crippen LogP contribution is -2.28. The second-order valence-corrected chi connectivity index (χ2v) is 8.33. The number of methoxy groups -OCH3 is 1. The van der Waals surface area contributed by atoms with Crippen molar-refractivity contribution < 1.29 is 18.5 Å². The van der Waals surface area contributed by atoms with Crippen molar-refractivity contribution in [2.24, 2.45) is 0 Å². The van der Waals surface area contributed by atoms with Crippen molar-refractivity contribution in [3.05, 3.63) is 65.8 Å². The van der Waals surface area contributed by atoms with Gasteiger partial charge < -0.3 is 9.47 Å². The van der Waals surface area contributed by atoms with Crippen molar-refractivity contribution in [2.75, 3.05) is 7.11 Å². The maximum absolute atomic E-state index is 13.6. The van der Waals surface area contributed by atoms with E-state index in [2.05, 4.69) is 11.7 Å². The Bertz CT molecular complexity index is 891. The Labute approximate surface area is 169 Å². The number of hydrogen-bond acceptors (Lipinski definition) is 4. The topological polar surface area (TPSA) is 52.6 Å². The van der Waals surface area contributed by atoms with Gasteiger partial charge in [0.15, 0.2) is 0 Å². The molecule has 1 atom stereocenters. The van der Waals surface area contributed by atoms with Gasteiger partial charge in [0.05, 0.1) is 40.0 Å². The van der Waals surface area contributed by atoms with E-state index >= 15 is 0 Å². The largest absolute Gasteiger partial charge is 0.490 e. The summed E-state index contributed by atoms with van der Waals surface area (Å²) in [7, 11) is -0.0896. The lowest BCUT2D eigenvalue weighted by atomic mass is 10.1. The van der Waals surface area contributed by atoms with E-state index in [0.717, 1.165) is 34.9 Å². The lowest BCUT2D eigenvalue weighted by molar-refractivity contribution is -0.135. The van der Waals surface area contributed by atoms with Gasteiger partial charge in [0.2, 0.25) is 0 Å². The molecule has 5 heteroatoms. The van der Waals surface area contributed by atoms with Crippen LogP contribution in [0, 0.1) is 0 Å². The van der Waals surface area contributed by atoms with Gasteiger partial charge in [-0.25, -0.2) is 9.00 Å². The molecule has 4 nitrogen and oxygen atoms in total. The number of rotatable bonds is 9. The summed E-state index contributed by atoms with van der Waals surface area (Å²) in [5.41, 5.74) is -0.847. The number of carbonyl (C=O) groups is 1. The fraction of sp³-hybridized carbons (Fsp3) is 0.348. The zero-order valence-electron chi connectivity index (χ0n) is 16.9. The van der Waals surface area contributed by atoms with Gasteiger partial charge in [0.1, 0.15) is 5.60 Å². The summed E-state index contributed by atoms with van der Waals surface area (Å²) in [6.45, 7) is 5.83. The zero-order chi connectivity index (χ0) is 20.6. The van der Waals surface area contributed by atoms with Crippen molar-refractivity contribution in [1.29, 1.82) is 0 Å². The molecule has 0 spiro atoms. The zero-order valence-corrected chi connectivity index (χ0v) is 17.8. The minimum atomic E-state index is -1.40. The van der Waals surface area contributed by atoms with Crippen molar-refractivity contribution in [1.82, 2.24) is 0 Å². The Morgan fingerprint density at radius 2 is 1.86 bits per heavy atom. The monoisotopic (exact) mass is 400 g/mol. The summed E-state index contributed by atoms with van der Waals surface area (Å²) in [4.78, 5) is 12.8. The van der Waals surface area contributed by atoms with Crippen LogP contribution in [-0.4, -0.2) is 22.9 Å². The number of allylic oxidation sites excluding steroid dienone is 1. The molecule has 0 saturated heterocycles. The first kappa shape index (κ1) is 21.9. The Morgan fingerprint density at radius 1 is 1.14 bits per heavy atom. The first-order chi connectivity index (χ1) is 13.4. The number of hydrogen-bond donors (Lipinski definition) is 0. The van der Waals surface area contributed by atoms with Gasteiger partial charge in [-0.2, -0.15) is 0 Å².